The van der Waals surface area contributed by atoms with E-state index in [9.17, 15) is 0 Å². The molecule has 1 fully saturated rings. The van der Waals surface area contributed by atoms with E-state index in [0.29, 0.717) is 11.5 Å². The third kappa shape index (κ3) is 3.82. The van der Waals surface area contributed by atoms with Gasteiger partial charge in [0.15, 0.2) is 0 Å². The molecule has 1 aliphatic rings. The minimum atomic E-state index is 0.428. The zero-order chi connectivity index (χ0) is 14.7. The number of hydrogen-bond acceptors (Lipinski definition) is 3. The summed E-state index contributed by atoms with van der Waals surface area (Å²) in [7, 11) is 0. The van der Waals surface area contributed by atoms with E-state index >= 15 is 0 Å². The van der Waals surface area contributed by atoms with Crippen LogP contribution in [0.2, 0.25) is 0 Å². The topological polar surface area (TPSA) is 29.9 Å². The summed E-state index contributed by atoms with van der Waals surface area (Å²) in [5.41, 5.74) is 2.98. The average Bonchev–Trinajstić information content (AvgIpc) is 2.93. The van der Waals surface area contributed by atoms with E-state index in [1.807, 2.05) is 23.1 Å². The van der Waals surface area contributed by atoms with Gasteiger partial charge in [0.25, 0.3) is 0 Å². The third-order valence-electron chi connectivity index (χ3n) is 3.88. The normalized spacial score (nSPS) is 21.1. The lowest BCUT2D eigenvalue weighted by Gasteiger charge is -2.36. The van der Waals surface area contributed by atoms with E-state index in [1.54, 1.807) is 0 Å². The van der Waals surface area contributed by atoms with Crippen molar-refractivity contribution in [3.8, 4) is 0 Å². The molecule has 3 rings (SSSR count). The fraction of sp³-hybridized carbons (Fsp3) is 0.471. The molecule has 3 nitrogen and oxygen atoms in total. The molecule has 1 saturated heterocycles. The Kier molecular flexibility index (Phi) is 4.24. The molecule has 0 bridgehead atoms. The molecule has 112 valence electrons. The van der Waals surface area contributed by atoms with Crippen LogP contribution in [0.15, 0.2) is 42.7 Å². The first-order chi connectivity index (χ1) is 10.1. The van der Waals surface area contributed by atoms with E-state index in [1.165, 1.54) is 29.2 Å². The number of nitrogens with one attached hydrogen (secondary N) is 1. The lowest BCUT2D eigenvalue weighted by Crippen LogP contribution is -2.35. The van der Waals surface area contributed by atoms with Crippen molar-refractivity contribution < 1.29 is 0 Å². The Morgan fingerprint density at radius 1 is 1.33 bits per heavy atom. The van der Waals surface area contributed by atoms with Crippen molar-refractivity contribution in [3.05, 3.63) is 48.3 Å². The maximum atomic E-state index is 4.31. The number of nitrogens with zero attached hydrogens (tertiary/aromatic N) is 2. The van der Waals surface area contributed by atoms with E-state index in [4.69, 9.17) is 0 Å². The minimum Gasteiger partial charge on any atom is -0.381 e. The van der Waals surface area contributed by atoms with Gasteiger partial charge in [-0.1, -0.05) is 32.0 Å². The molecule has 1 atom stereocenters. The van der Waals surface area contributed by atoms with Crippen LogP contribution in [0.5, 0.6) is 0 Å². The van der Waals surface area contributed by atoms with Crippen LogP contribution in [0.3, 0.4) is 0 Å². The monoisotopic (exact) mass is 301 g/mol. The Labute approximate surface area is 131 Å². The van der Waals surface area contributed by atoms with E-state index in [-0.39, 0.29) is 0 Å². The van der Waals surface area contributed by atoms with E-state index < -0.39 is 0 Å². The van der Waals surface area contributed by atoms with Gasteiger partial charge in [-0.25, -0.2) is 0 Å². The smallest absolute Gasteiger partial charge is 0.0679 e. The summed E-state index contributed by atoms with van der Waals surface area (Å²) in [5, 5.41) is 8.06. The standard InChI is InChI=1S/C17H23N3S/c1-17(2)10-15(12-21-13-17)19-16-7-4-3-6-14(16)11-20-9-5-8-18-20/h3-9,15,19H,10-13H2,1-2H3. The maximum Gasteiger partial charge on any atom is 0.0679 e. The Morgan fingerprint density at radius 2 is 2.19 bits per heavy atom. The average molecular weight is 301 g/mol. The van der Waals surface area contributed by atoms with E-state index in [0.717, 1.165) is 6.54 Å². The molecule has 1 aromatic heterocycles. The maximum absolute atomic E-state index is 4.31. The highest BCUT2D eigenvalue weighted by Crippen LogP contribution is 2.35. The van der Waals surface area contributed by atoms with Gasteiger partial charge in [0.2, 0.25) is 0 Å². The molecule has 0 radical (unpaired) electrons. The van der Waals surface area contributed by atoms with Crippen LogP contribution in [0.25, 0.3) is 0 Å². The molecule has 4 heteroatoms. The van der Waals surface area contributed by atoms with Crippen molar-refractivity contribution in [2.75, 3.05) is 16.8 Å². The van der Waals surface area contributed by atoms with Gasteiger partial charge in [-0.3, -0.25) is 4.68 Å². The van der Waals surface area contributed by atoms with Gasteiger partial charge in [0, 0.05) is 29.9 Å². The van der Waals surface area contributed by atoms with Crippen LogP contribution in [-0.4, -0.2) is 27.3 Å². The van der Waals surface area contributed by atoms with Crippen molar-refractivity contribution in [1.29, 1.82) is 0 Å². The molecular formula is C17H23N3S. The highest BCUT2D eigenvalue weighted by atomic mass is 32.2. The number of aromatic nitrogens is 2. The first-order valence-corrected chi connectivity index (χ1v) is 8.67. The molecule has 0 saturated carbocycles. The van der Waals surface area contributed by atoms with Crippen molar-refractivity contribution in [3.63, 3.8) is 0 Å². The van der Waals surface area contributed by atoms with Crippen LogP contribution >= 0.6 is 11.8 Å². The SMILES string of the molecule is CC1(C)CSCC(Nc2ccccc2Cn2cccn2)C1. The second-order valence-corrected chi connectivity index (χ2v) is 7.62. The Morgan fingerprint density at radius 3 is 2.95 bits per heavy atom. The first-order valence-electron chi connectivity index (χ1n) is 7.52. The molecule has 2 aromatic rings. The van der Waals surface area contributed by atoms with Gasteiger partial charge in [-0.15, -0.1) is 0 Å². The Hall–Kier alpha value is -1.42. The molecule has 1 aromatic carbocycles. The van der Waals surface area contributed by atoms with Gasteiger partial charge in [-0.2, -0.15) is 16.9 Å². The largest absolute Gasteiger partial charge is 0.381 e. The van der Waals surface area contributed by atoms with Crippen molar-refractivity contribution in [1.82, 2.24) is 9.78 Å². The molecule has 0 amide bonds. The summed E-state index contributed by atoms with van der Waals surface area (Å²) in [6.45, 7) is 5.55. The molecule has 21 heavy (non-hydrogen) atoms. The number of hydrogen-bond donors (Lipinski definition) is 1. The van der Waals surface area contributed by atoms with Crippen molar-refractivity contribution in [2.24, 2.45) is 5.41 Å². The molecule has 0 aliphatic carbocycles. The van der Waals surface area contributed by atoms with Gasteiger partial charge < -0.3 is 5.32 Å². The second kappa shape index (κ2) is 6.14. The van der Waals surface area contributed by atoms with Crippen molar-refractivity contribution in [2.45, 2.75) is 32.9 Å². The van der Waals surface area contributed by atoms with Gasteiger partial charge >= 0.3 is 0 Å². The third-order valence-corrected chi connectivity index (χ3v) is 5.50. The number of anilines is 1. The number of para-hydroxylation sites is 1. The molecule has 1 aliphatic heterocycles. The van der Waals surface area contributed by atoms with Gasteiger partial charge in [0.05, 0.1) is 6.54 Å². The molecule has 1 N–H and O–H groups in total. The molecule has 0 spiro atoms. The highest BCUT2D eigenvalue weighted by molar-refractivity contribution is 7.99. The summed E-state index contributed by atoms with van der Waals surface area (Å²) in [6, 6.07) is 11.1. The summed E-state index contributed by atoms with van der Waals surface area (Å²) in [5.74, 6) is 2.46. The van der Waals surface area contributed by atoms with Crippen LogP contribution in [0.4, 0.5) is 5.69 Å². The lowest BCUT2D eigenvalue weighted by atomic mass is 9.87. The molecule has 1 unspecified atom stereocenters. The summed E-state index contributed by atoms with van der Waals surface area (Å²) in [4.78, 5) is 0. The number of rotatable bonds is 4. The molecular weight excluding hydrogens is 278 g/mol. The highest BCUT2D eigenvalue weighted by Gasteiger charge is 2.28. The zero-order valence-corrected chi connectivity index (χ0v) is 13.6. The minimum absolute atomic E-state index is 0.428. The van der Waals surface area contributed by atoms with Crippen molar-refractivity contribution >= 4 is 17.4 Å². The fourth-order valence-corrected chi connectivity index (χ4v) is 4.22. The predicted octanol–water partition coefficient (Wildman–Crippen LogP) is 3.88. The Balaban J connectivity index is 1.73. The zero-order valence-electron chi connectivity index (χ0n) is 12.7. The van der Waals surface area contributed by atoms with Crippen LogP contribution in [0.1, 0.15) is 25.8 Å². The summed E-state index contributed by atoms with van der Waals surface area (Å²) >= 11 is 2.06. The number of benzene rings is 1. The lowest BCUT2D eigenvalue weighted by molar-refractivity contribution is 0.358. The number of thioether (sulfide) groups is 1. The van der Waals surface area contributed by atoms with Crippen LogP contribution in [-0.2, 0) is 6.54 Å². The quantitative estimate of drug-likeness (QED) is 0.929. The molecule has 2 heterocycles. The summed E-state index contributed by atoms with van der Waals surface area (Å²) < 4.78 is 1.97. The fourth-order valence-electron chi connectivity index (χ4n) is 2.94. The van der Waals surface area contributed by atoms with Gasteiger partial charge in [0.1, 0.15) is 0 Å². The Bertz CT molecular complexity index is 577. The first kappa shape index (κ1) is 14.5. The van der Waals surface area contributed by atoms with Crippen LogP contribution < -0.4 is 5.32 Å². The van der Waals surface area contributed by atoms with Gasteiger partial charge in [-0.05, 0) is 35.3 Å². The summed E-state index contributed by atoms with van der Waals surface area (Å²) in [6.07, 6.45) is 5.07. The second-order valence-electron chi connectivity index (χ2n) is 6.59. The van der Waals surface area contributed by atoms with E-state index in [2.05, 4.69) is 60.3 Å². The predicted molar refractivity (Wildman–Crippen MR) is 90.9 cm³/mol. The van der Waals surface area contributed by atoms with Crippen LogP contribution in [0, 0.1) is 5.41 Å².